The highest BCUT2D eigenvalue weighted by molar-refractivity contribution is 7.91. The highest BCUT2D eigenvalue weighted by Crippen LogP contribution is 2.35. The minimum atomic E-state index is -4.58. The molecule has 4 aromatic rings. The molecule has 0 aliphatic rings. The summed E-state index contributed by atoms with van der Waals surface area (Å²) in [4.78, 5) is 3.83. The molecule has 1 heterocycles. The fourth-order valence-corrected chi connectivity index (χ4v) is 4.70. The predicted molar refractivity (Wildman–Crippen MR) is 115 cm³/mol. The number of aromatic nitrogens is 2. The van der Waals surface area contributed by atoms with Gasteiger partial charge in [-0.3, -0.25) is 0 Å². The first-order valence-electron chi connectivity index (χ1n) is 9.73. The molecule has 4 rings (SSSR count). The molecular formula is C23H17F3N2O5S. The molecule has 7 nitrogen and oxygen atoms in total. The number of nitrogens with zero attached hydrogens (tertiary/aromatic N) is 2. The summed E-state index contributed by atoms with van der Waals surface area (Å²) in [7, 11) is -1.21. The van der Waals surface area contributed by atoms with E-state index >= 15 is 0 Å². The van der Waals surface area contributed by atoms with Crippen LogP contribution in [0.2, 0.25) is 0 Å². The molecule has 0 atom stereocenters. The third-order valence-corrected chi connectivity index (χ3v) is 6.79. The number of rotatable bonds is 6. The molecule has 11 heteroatoms. The maximum atomic E-state index is 13.2. The van der Waals surface area contributed by atoms with E-state index < -0.39 is 21.6 Å². The lowest BCUT2D eigenvalue weighted by Gasteiger charge is -2.10. The van der Waals surface area contributed by atoms with Crippen molar-refractivity contribution in [2.24, 2.45) is 0 Å². The SMILES string of the molecule is COc1ccc(-c2noc(-c3ccccc3S(=O)(=O)c3ccc(C(F)(F)F)cc3)n2)cc1OC. The molecule has 0 bridgehead atoms. The lowest BCUT2D eigenvalue weighted by atomic mass is 10.2. The Morgan fingerprint density at radius 2 is 1.56 bits per heavy atom. The molecule has 0 fully saturated rings. The van der Waals surface area contributed by atoms with E-state index in [1.807, 2.05) is 0 Å². The average molecular weight is 490 g/mol. The monoisotopic (exact) mass is 490 g/mol. The van der Waals surface area contributed by atoms with Crippen molar-refractivity contribution in [1.82, 2.24) is 10.1 Å². The fourth-order valence-electron chi connectivity index (χ4n) is 3.25. The van der Waals surface area contributed by atoms with Crippen LogP contribution >= 0.6 is 0 Å². The second-order valence-electron chi connectivity index (χ2n) is 7.01. The van der Waals surface area contributed by atoms with Crippen LogP contribution in [0.3, 0.4) is 0 Å². The van der Waals surface area contributed by atoms with Crippen molar-refractivity contribution < 1.29 is 35.6 Å². The zero-order chi connectivity index (χ0) is 24.5. The molecule has 0 amide bonds. The molecule has 0 unspecified atom stereocenters. The van der Waals surface area contributed by atoms with Gasteiger partial charge in [-0.2, -0.15) is 18.2 Å². The summed E-state index contributed by atoms with van der Waals surface area (Å²) in [5.74, 6) is 1.05. The molecule has 34 heavy (non-hydrogen) atoms. The van der Waals surface area contributed by atoms with Crippen LogP contribution in [-0.4, -0.2) is 32.8 Å². The molecule has 0 saturated carbocycles. The van der Waals surface area contributed by atoms with E-state index in [9.17, 15) is 21.6 Å². The second-order valence-corrected chi connectivity index (χ2v) is 8.93. The van der Waals surface area contributed by atoms with Gasteiger partial charge in [-0.1, -0.05) is 17.3 Å². The number of alkyl halides is 3. The van der Waals surface area contributed by atoms with Crippen LogP contribution in [0.4, 0.5) is 13.2 Å². The molecule has 0 aliphatic heterocycles. The Labute approximate surface area is 192 Å². The minimum Gasteiger partial charge on any atom is -0.493 e. The summed E-state index contributed by atoms with van der Waals surface area (Å²) in [6.07, 6.45) is -4.58. The average Bonchev–Trinajstić information content (AvgIpc) is 3.33. The molecule has 0 aliphatic carbocycles. The van der Waals surface area contributed by atoms with Crippen molar-refractivity contribution in [2.75, 3.05) is 14.2 Å². The van der Waals surface area contributed by atoms with Crippen LogP contribution < -0.4 is 9.47 Å². The normalized spacial score (nSPS) is 11.9. The summed E-state index contributed by atoms with van der Waals surface area (Å²) in [5.41, 5.74) is -0.298. The van der Waals surface area contributed by atoms with E-state index in [2.05, 4.69) is 10.1 Å². The van der Waals surface area contributed by atoms with Gasteiger partial charge in [0.1, 0.15) is 0 Å². The molecule has 1 aromatic heterocycles. The summed E-state index contributed by atoms with van der Waals surface area (Å²) < 4.78 is 80.8. The highest BCUT2D eigenvalue weighted by atomic mass is 32.2. The number of sulfone groups is 1. The van der Waals surface area contributed by atoms with E-state index in [-0.39, 0.29) is 27.1 Å². The largest absolute Gasteiger partial charge is 0.493 e. The second kappa shape index (κ2) is 8.82. The van der Waals surface area contributed by atoms with Crippen LogP contribution in [0, 0.1) is 0 Å². The van der Waals surface area contributed by atoms with Crippen LogP contribution in [0.25, 0.3) is 22.8 Å². The quantitative estimate of drug-likeness (QED) is 0.364. The van der Waals surface area contributed by atoms with Crippen molar-refractivity contribution in [2.45, 2.75) is 16.0 Å². The third kappa shape index (κ3) is 4.34. The van der Waals surface area contributed by atoms with Crippen molar-refractivity contribution in [3.05, 3.63) is 72.3 Å². The zero-order valence-corrected chi connectivity index (χ0v) is 18.6. The van der Waals surface area contributed by atoms with Gasteiger partial charge in [-0.25, -0.2) is 8.42 Å². The van der Waals surface area contributed by atoms with E-state index in [1.54, 1.807) is 24.3 Å². The number of hydrogen-bond donors (Lipinski definition) is 0. The standard InChI is InChI=1S/C23H17F3N2O5S/c1-31-18-12-7-14(13-19(18)32-2)21-27-22(33-28-21)17-5-3-4-6-20(17)34(29,30)16-10-8-15(9-11-16)23(24,25)26/h3-13H,1-2H3. The molecule has 0 saturated heterocycles. The number of ether oxygens (including phenoxy) is 2. The van der Waals surface area contributed by atoms with Gasteiger partial charge in [0.15, 0.2) is 11.5 Å². The van der Waals surface area contributed by atoms with Gasteiger partial charge in [0.25, 0.3) is 5.89 Å². The van der Waals surface area contributed by atoms with Gasteiger partial charge in [0.05, 0.1) is 35.1 Å². The molecule has 0 spiro atoms. The Hall–Kier alpha value is -3.86. The van der Waals surface area contributed by atoms with Gasteiger partial charge in [-0.15, -0.1) is 0 Å². The summed E-state index contributed by atoms with van der Waals surface area (Å²) in [6, 6.07) is 14.1. The molecular weight excluding hydrogens is 473 g/mol. The van der Waals surface area contributed by atoms with Crippen molar-refractivity contribution >= 4 is 9.84 Å². The summed E-state index contributed by atoms with van der Waals surface area (Å²) in [5, 5.41) is 3.93. The van der Waals surface area contributed by atoms with Gasteiger partial charge >= 0.3 is 6.18 Å². The highest BCUT2D eigenvalue weighted by Gasteiger charge is 2.31. The molecule has 0 N–H and O–H groups in total. The van der Waals surface area contributed by atoms with Crippen LogP contribution in [0.1, 0.15) is 5.56 Å². The molecule has 0 radical (unpaired) electrons. The summed E-state index contributed by atoms with van der Waals surface area (Å²) in [6.45, 7) is 0. The van der Waals surface area contributed by atoms with Crippen LogP contribution in [0.15, 0.2) is 81.0 Å². The Balaban J connectivity index is 1.73. The van der Waals surface area contributed by atoms with Gasteiger partial charge in [0.2, 0.25) is 15.7 Å². The van der Waals surface area contributed by atoms with Gasteiger partial charge in [-0.05, 0) is 54.6 Å². The lowest BCUT2D eigenvalue weighted by Crippen LogP contribution is -2.07. The number of hydrogen-bond acceptors (Lipinski definition) is 7. The van der Waals surface area contributed by atoms with Crippen LogP contribution in [-0.2, 0) is 16.0 Å². The molecule has 3 aromatic carbocycles. The maximum absolute atomic E-state index is 13.2. The minimum absolute atomic E-state index is 0.0733. The predicted octanol–water partition coefficient (Wildman–Crippen LogP) is 5.27. The lowest BCUT2D eigenvalue weighted by molar-refractivity contribution is -0.137. The Morgan fingerprint density at radius 1 is 0.882 bits per heavy atom. The van der Waals surface area contributed by atoms with E-state index in [0.29, 0.717) is 17.1 Å². The first-order chi connectivity index (χ1) is 16.1. The fraction of sp³-hybridized carbons (Fsp3) is 0.130. The van der Waals surface area contributed by atoms with Crippen molar-refractivity contribution in [3.8, 4) is 34.3 Å². The Kier molecular flexibility index (Phi) is 6.05. The number of benzene rings is 3. The topological polar surface area (TPSA) is 91.5 Å². The van der Waals surface area contributed by atoms with Gasteiger partial charge < -0.3 is 14.0 Å². The third-order valence-electron chi connectivity index (χ3n) is 4.97. The zero-order valence-electron chi connectivity index (χ0n) is 17.8. The summed E-state index contributed by atoms with van der Waals surface area (Å²) >= 11 is 0. The van der Waals surface area contributed by atoms with E-state index in [1.165, 1.54) is 32.4 Å². The number of halogens is 3. The van der Waals surface area contributed by atoms with Crippen molar-refractivity contribution in [1.29, 1.82) is 0 Å². The number of methoxy groups -OCH3 is 2. The van der Waals surface area contributed by atoms with E-state index in [0.717, 1.165) is 24.3 Å². The first kappa shape index (κ1) is 23.3. The molecule has 176 valence electrons. The van der Waals surface area contributed by atoms with Gasteiger partial charge in [0, 0.05) is 5.56 Å². The first-order valence-corrected chi connectivity index (χ1v) is 11.2. The Morgan fingerprint density at radius 3 is 2.21 bits per heavy atom. The smallest absolute Gasteiger partial charge is 0.416 e. The van der Waals surface area contributed by atoms with Crippen molar-refractivity contribution in [3.63, 3.8) is 0 Å². The van der Waals surface area contributed by atoms with E-state index in [4.69, 9.17) is 14.0 Å². The Bertz CT molecular complexity index is 1430. The maximum Gasteiger partial charge on any atom is 0.416 e. The van der Waals surface area contributed by atoms with Crippen LogP contribution in [0.5, 0.6) is 11.5 Å².